The number of ether oxygens (including phenoxy) is 5. The third-order valence-electron chi connectivity index (χ3n) is 4.60. The number of fused-ring (bicyclic) bond motifs is 2. The number of hydrogen-bond acceptors (Lipinski definition) is 10. The second kappa shape index (κ2) is 13.6. The molecular weight excluding hydrogens is 434 g/mol. The molecule has 0 aliphatic carbocycles. The first-order valence-corrected chi connectivity index (χ1v) is 10.5. The van der Waals surface area contributed by atoms with E-state index in [1.165, 1.54) is 24.3 Å². The van der Waals surface area contributed by atoms with E-state index >= 15 is 0 Å². The van der Waals surface area contributed by atoms with E-state index in [-0.39, 0.29) is 24.7 Å². The summed E-state index contributed by atoms with van der Waals surface area (Å²) in [4.78, 5) is 10.3. The van der Waals surface area contributed by atoms with Crippen LogP contribution < -0.4 is 0 Å². The fourth-order valence-corrected chi connectivity index (χ4v) is 2.92. The van der Waals surface area contributed by atoms with Crippen molar-refractivity contribution < 1.29 is 33.7 Å². The number of nitrogens with zero attached hydrogens (tertiary/aromatic N) is 3. The maximum absolute atomic E-state index is 10.8. The largest absolute Gasteiger partial charge is 0.507 e. The zero-order valence-electron chi connectivity index (χ0n) is 18.2. The molecule has 178 valence electrons. The standard InChI is InChI=1S/C22H27N3O8/c26-22-17-13-20(24-23-19-1-3-21(4-2-19)25(27)28)14-18(22)16-33-12-10-31-8-6-29-5-7-30-9-11-32-15-17/h1-4,13-14,26H,5-12,15-16H2. The topological polar surface area (TPSA) is 134 Å². The Morgan fingerprint density at radius 2 is 1.12 bits per heavy atom. The van der Waals surface area contributed by atoms with E-state index in [9.17, 15) is 15.2 Å². The summed E-state index contributed by atoms with van der Waals surface area (Å²) in [5.74, 6) is 0.0700. The van der Waals surface area contributed by atoms with Gasteiger partial charge in [0.2, 0.25) is 0 Å². The second-order valence-electron chi connectivity index (χ2n) is 7.03. The molecule has 1 aliphatic rings. The minimum atomic E-state index is -0.477. The summed E-state index contributed by atoms with van der Waals surface area (Å²) >= 11 is 0. The number of non-ortho nitro benzene ring substituents is 1. The van der Waals surface area contributed by atoms with Gasteiger partial charge in [0.25, 0.3) is 5.69 Å². The number of rotatable bonds is 3. The summed E-state index contributed by atoms with van der Waals surface area (Å²) in [5, 5.41) is 29.8. The lowest BCUT2D eigenvalue weighted by atomic mass is 10.1. The third kappa shape index (κ3) is 8.48. The Morgan fingerprint density at radius 3 is 1.58 bits per heavy atom. The lowest BCUT2D eigenvalue weighted by Gasteiger charge is -2.13. The lowest BCUT2D eigenvalue weighted by Crippen LogP contribution is -2.13. The molecule has 0 fully saturated rings. The first-order chi connectivity index (χ1) is 16.1. The van der Waals surface area contributed by atoms with Crippen LogP contribution in [0.15, 0.2) is 46.6 Å². The van der Waals surface area contributed by atoms with Gasteiger partial charge in [-0.25, -0.2) is 0 Å². The molecule has 3 rings (SSSR count). The summed E-state index contributed by atoms with van der Waals surface area (Å²) in [6.07, 6.45) is 0. The molecule has 11 nitrogen and oxygen atoms in total. The van der Waals surface area contributed by atoms with Crippen molar-refractivity contribution in [3.05, 3.63) is 57.6 Å². The Morgan fingerprint density at radius 1 is 0.697 bits per heavy atom. The summed E-state index contributed by atoms with van der Waals surface area (Å²) < 4.78 is 27.6. The van der Waals surface area contributed by atoms with Crippen LogP contribution in [0.3, 0.4) is 0 Å². The van der Waals surface area contributed by atoms with E-state index in [2.05, 4.69) is 10.2 Å². The fraction of sp³-hybridized carbons (Fsp3) is 0.455. The highest BCUT2D eigenvalue weighted by Crippen LogP contribution is 2.31. The van der Waals surface area contributed by atoms with Crippen LogP contribution in [0.5, 0.6) is 5.75 Å². The van der Waals surface area contributed by atoms with Crippen molar-refractivity contribution in [2.75, 3.05) is 52.9 Å². The quantitative estimate of drug-likeness (QED) is 0.414. The van der Waals surface area contributed by atoms with Crippen LogP contribution in [-0.2, 0) is 36.9 Å². The van der Waals surface area contributed by atoms with Gasteiger partial charge in [0.05, 0.1) is 82.4 Å². The number of nitro groups is 1. The monoisotopic (exact) mass is 461 g/mol. The molecular formula is C22H27N3O8. The maximum Gasteiger partial charge on any atom is 0.269 e. The molecule has 1 N–H and O–H groups in total. The molecule has 0 spiro atoms. The normalized spacial score (nSPS) is 17.3. The number of aromatic hydroxyl groups is 1. The number of phenolic OH excluding ortho intramolecular Hbond substituents is 1. The van der Waals surface area contributed by atoms with Crippen molar-refractivity contribution in [2.24, 2.45) is 10.2 Å². The summed E-state index contributed by atoms with van der Waals surface area (Å²) in [7, 11) is 0. The Balaban J connectivity index is 1.72. The van der Waals surface area contributed by atoms with E-state index in [0.717, 1.165) is 0 Å². The summed E-state index contributed by atoms with van der Waals surface area (Å²) in [6.45, 7) is 3.68. The van der Waals surface area contributed by atoms with Crippen LogP contribution in [0, 0.1) is 10.1 Å². The van der Waals surface area contributed by atoms with Crippen molar-refractivity contribution in [3.63, 3.8) is 0 Å². The molecule has 2 aromatic carbocycles. The number of nitro benzene ring substituents is 1. The Bertz CT molecular complexity index is 883. The highest BCUT2D eigenvalue weighted by atomic mass is 16.6. The smallest absolute Gasteiger partial charge is 0.269 e. The van der Waals surface area contributed by atoms with Crippen molar-refractivity contribution in [2.45, 2.75) is 13.2 Å². The van der Waals surface area contributed by atoms with Gasteiger partial charge in [-0.2, -0.15) is 10.2 Å². The molecule has 1 heterocycles. The SMILES string of the molecule is O=[N+]([O-])c1ccc(N=Nc2cc3c(O)c(c2)COCCOCCOCCOCCOC3)cc1. The zero-order valence-corrected chi connectivity index (χ0v) is 18.2. The molecule has 2 bridgehead atoms. The molecule has 0 saturated carbocycles. The van der Waals surface area contributed by atoms with Crippen molar-refractivity contribution in [1.82, 2.24) is 0 Å². The number of hydrogen-bond donors (Lipinski definition) is 1. The highest BCUT2D eigenvalue weighted by Gasteiger charge is 2.12. The highest BCUT2D eigenvalue weighted by molar-refractivity contribution is 5.52. The van der Waals surface area contributed by atoms with Gasteiger partial charge in [-0.1, -0.05) is 0 Å². The molecule has 1 aliphatic heterocycles. The molecule has 33 heavy (non-hydrogen) atoms. The van der Waals surface area contributed by atoms with Gasteiger partial charge < -0.3 is 28.8 Å². The number of azo groups is 1. The molecule has 0 atom stereocenters. The van der Waals surface area contributed by atoms with E-state index in [4.69, 9.17) is 23.7 Å². The molecule has 2 aromatic rings. The van der Waals surface area contributed by atoms with Crippen molar-refractivity contribution in [3.8, 4) is 5.75 Å². The van der Waals surface area contributed by atoms with E-state index in [1.807, 2.05) is 0 Å². The third-order valence-corrected chi connectivity index (χ3v) is 4.60. The molecule has 0 radical (unpaired) electrons. The van der Waals surface area contributed by atoms with Gasteiger partial charge in [0.1, 0.15) is 5.75 Å². The van der Waals surface area contributed by atoms with Crippen LogP contribution in [0.25, 0.3) is 0 Å². The maximum atomic E-state index is 10.8. The Labute approximate surface area is 191 Å². The van der Waals surface area contributed by atoms with Crippen LogP contribution in [-0.4, -0.2) is 62.9 Å². The Hall–Kier alpha value is -2.96. The number of phenols is 1. The first kappa shape index (κ1) is 24.7. The molecule has 0 saturated heterocycles. The van der Waals surface area contributed by atoms with Crippen LogP contribution in [0.2, 0.25) is 0 Å². The summed E-state index contributed by atoms with van der Waals surface area (Å²) in [6, 6.07) is 9.08. The van der Waals surface area contributed by atoms with Gasteiger partial charge in [0.15, 0.2) is 0 Å². The van der Waals surface area contributed by atoms with Crippen LogP contribution in [0.1, 0.15) is 11.1 Å². The second-order valence-corrected chi connectivity index (χ2v) is 7.03. The average molecular weight is 461 g/mol. The van der Waals surface area contributed by atoms with E-state index < -0.39 is 4.92 Å². The predicted octanol–water partition coefficient (Wildman–Crippen LogP) is 3.81. The minimum Gasteiger partial charge on any atom is -0.507 e. The van der Waals surface area contributed by atoms with Gasteiger partial charge in [-0.05, 0) is 24.3 Å². The molecule has 0 aromatic heterocycles. The van der Waals surface area contributed by atoms with Crippen molar-refractivity contribution >= 4 is 17.1 Å². The lowest BCUT2D eigenvalue weighted by molar-refractivity contribution is -0.384. The average Bonchev–Trinajstić information content (AvgIpc) is 2.82. The van der Waals surface area contributed by atoms with Crippen molar-refractivity contribution in [1.29, 1.82) is 0 Å². The van der Waals surface area contributed by atoms with Crippen LogP contribution in [0.4, 0.5) is 17.1 Å². The first-order valence-electron chi connectivity index (χ1n) is 10.5. The molecule has 0 amide bonds. The van der Waals surface area contributed by atoms with Gasteiger partial charge in [-0.3, -0.25) is 10.1 Å². The van der Waals surface area contributed by atoms with Gasteiger partial charge in [-0.15, -0.1) is 0 Å². The summed E-state index contributed by atoms with van der Waals surface area (Å²) in [5.41, 5.74) is 2.00. The minimum absolute atomic E-state index is 0.0241. The molecule has 0 unspecified atom stereocenters. The molecule has 11 heteroatoms. The predicted molar refractivity (Wildman–Crippen MR) is 117 cm³/mol. The Kier molecular flexibility index (Phi) is 10.1. The zero-order chi connectivity index (χ0) is 23.3. The van der Waals surface area contributed by atoms with E-state index in [1.54, 1.807) is 12.1 Å². The van der Waals surface area contributed by atoms with Crippen LogP contribution >= 0.6 is 0 Å². The number of benzene rings is 2. The van der Waals surface area contributed by atoms with E-state index in [0.29, 0.717) is 75.4 Å². The fourth-order valence-electron chi connectivity index (χ4n) is 2.92. The van der Waals surface area contributed by atoms with Gasteiger partial charge >= 0.3 is 0 Å². The van der Waals surface area contributed by atoms with Gasteiger partial charge in [0, 0.05) is 23.3 Å².